The van der Waals surface area contributed by atoms with Gasteiger partial charge in [-0.1, -0.05) is 41.4 Å². The normalized spacial score (nSPS) is 19.2. The molecule has 0 spiro atoms. The summed E-state index contributed by atoms with van der Waals surface area (Å²) >= 11 is 3.50. The Bertz CT molecular complexity index is 384. The van der Waals surface area contributed by atoms with Crippen LogP contribution in [0.3, 0.4) is 0 Å². The highest BCUT2D eigenvalue weighted by Gasteiger charge is 2.27. The third-order valence-corrected chi connectivity index (χ3v) is 4.76. The van der Waals surface area contributed by atoms with Gasteiger partial charge in [0.05, 0.1) is 0 Å². The quantitative estimate of drug-likeness (QED) is 0.858. The molecule has 19 heavy (non-hydrogen) atoms. The lowest BCUT2D eigenvalue weighted by Gasteiger charge is -2.38. The summed E-state index contributed by atoms with van der Waals surface area (Å²) in [6, 6.07) is 9.10. The fraction of sp³-hybridized carbons (Fsp3) is 0.625. The van der Waals surface area contributed by atoms with Gasteiger partial charge in [-0.15, -0.1) is 0 Å². The monoisotopic (exact) mass is 324 g/mol. The van der Waals surface area contributed by atoms with E-state index in [1.807, 2.05) is 0 Å². The van der Waals surface area contributed by atoms with Crippen LogP contribution in [0.25, 0.3) is 0 Å². The number of hydrogen-bond acceptors (Lipinski definition) is 2. The number of nitrogens with zero attached hydrogens (tertiary/aromatic N) is 1. The van der Waals surface area contributed by atoms with E-state index in [2.05, 4.69) is 58.9 Å². The Morgan fingerprint density at radius 1 is 1.32 bits per heavy atom. The SMILES string of the molecule is CCN(CC1CCC1)C(c1ccc(Br)cc1)C(C)N. The molecule has 1 fully saturated rings. The average Bonchev–Trinajstić information content (AvgIpc) is 2.33. The molecular weight excluding hydrogens is 300 g/mol. The van der Waals surface area contributed by atoms with Crippen molar-refractivity contribution in [3.05, 3.63) is 34.3 Å². The molecule has 2 atom stereocenters. The topological polar surface area (TPSA) is 29.3 Å². The lowest BCUT2D eigenvalue weighted by atomic mass is 9.84. The molecule has 0 aromatic heterocycles. The van der Waals surface area contributed by atoms with Gasteiger partial charge < -0.3 is 5.73 Å². The van der Waals surface area contributed by atoms with E-state index in [9.17, 15) is 0 Å². The van der Waals surface area contributed by atoms with E-state index in [1.165, 1.54) is 31.4 Å². The number of benzene rings is 1. The summed E-state index contributed by atoms with van der Waals surface area (Å²) in [5.74, 6) is 0.886. The Morgan fingerprint density at radius 2 is 1.95 bits per heavy atom. The molecule has 1 aromatic rings. The number of rotatable bonds is 6. The van der Waals surface area contributed by atoms with Crippen molar-refractivity contribution in [3.8, 4) is 0 Å². The molecule has 1 aromatic carbocycles. The summed E-state index contributed by atoms with van der Waals surface area (Å²) in [5, 5.41) is 0. The Balaban J connectivity index is 2.14. The second-order valence-electron chi connectivity index (χ2n) is 5.74. The van der Waals surface area contributed by atoms with Gasteiger partial charge in [0.15, 0.2) is 0 Å². The third-order valence-electron chi connectivity index (χ3n) is 4.23. The highest BCUT2D eigenvalue weighted by atomic mass is 79.9. The average molecular weight is 325 g/mol. The summed E-state index contributed by atoms with van der Waals surface area (Å²) in [6.07, 6.45) is 4.19. The molecule has 1 aliphatic rings. The molecule has 0 aliphatic heterocycles. The van der Waals surface area contributed by atoms with Crippen LogP contribution in [0.4, 0.5) is 0 Å². The van der Waals surface area contributed by atoms with Crippen molar-refractivity contribution in [2.75, 3.05) is 13.1 Å². The van der Waals surface area contributed by atoms with Crippen molar-refractivity contribution in [1.29, 1.82) is 0 Å². The van der Waals surface area contributed by atoms with Crippen LogP contribution >= 0.6 is 15.9 Å². The summed E-state index contributed by atoms with van der Waals surface area (Å²) in [6.45, 7) is 6.63. The van der Waals surface area contributed by atoms with E-state index >= 15 is 0 Å². The van der Waals surface area contributed by atoms with E-state index in [0.29, 0.717) is 6.04 Å². The maximum Gasteiger partial charge on any atom is 0.0496 e. The highest BCUT2D eigenvalue weighted by Crippen LogP contribution is 2.31. The Labute approximate surface area is 125 Å². The molecule has 3 heteroatoms. The van der Waals surface area contributed by atoms with Crippen LogP contribution in [-0.2, 0) is 0 Å². The van der Waals surface area contributed by atoms with Crippen LogP contribution in [-0.4, -0.2) is 24.0 Å². The van der Waals surface area contributed by atoms with Crippen LogP contribution in [0.15, 0.2) is 28.7 Å². The van der Waals surface area contributed by atoms with Gasteiger partial charge in [0.1, 0.15) is 0 Å². The zero-order chi connectivity index (χ0) is 13.8. The molecule has 0 amide bonds. The van der Waals surface area contributed by atoms with Crippen LogP contribution < -0.4 is 5.73 Å². The van der Waals surface area contributed by atoms with Gasteiger partial charge in [-0.05, 0) is 49.9 Å². The first kappa shape index (κ1) is 15.0. The molecular formula is C16H25BrN2. The van der Waals surface area contributed by atoms with Crippen molar-refractivity contribution >= 4 is 15.9 Å². The number of likely N-dealkylation sites (N-methyl/N-ethyl adjacent to an activating group) is 1. The fourth-order valence-electron chi connectivity index (χ4n) is 2.95. The minimum absolute atomic E-state index is 0.154. The van der Waals surface area contributed by atoms with Crippen molar-refractivity contribution in [1.82, 2.24) is 4.90 Å². The molecule has 1 saturated carbocycles. The lowest BCUT2D eigenvalue weighted by molar-refractivity contribution is 0.125. The lowest BCUT2D eigenvalue weighted by Crippen LogP contribution is -2.42. The number of halogens is 1. The van der Waals surface area contributed by atoms with E-state index in [1.54, 1.807) is 0 Å². The van der Waals surface area contributed by atoms with Crippen molar-refractivity contribution in [2.45, 2.75) is 45.2 Å². The van der Waals surface area contributed by atoms with Gasteiger partial charge in [-0.3, -0.25) is 4.90 Å². The van der Waals surface area contributed by atoms with Crippen LogP contribution in [0.2, 0.25) is 0 Å². The van der Waals surface area contributed by atoms with Crippen molar-refractivity contribution in [2.24, 2.45) is 11.7 Å². The van der Waals surface area contributed by atoms with Crippen molar-refractivity contribution < 1.29 is 0 Å². The van der Waals surface area contributed by atoms with E-state index < -0.39 is 0 Å². The summed E-state index contributed by atoms with van der Waals surface area (Å²) in [4.78, 5) is 2.55. The van der Waals surface area contributed by atoms with Crippen molar-refractivity contribution in [3.63, 3.8) is 0 Å². The van der Waals surface area contributed by atoms with E-state index in [-0.39, 0.29) is 6.04 Å². The first-order chi connectivity index (χ1) is 9.11. The van der Waals surface area contributed by atoms with Crippen LogP contribution in [0.1, 0.15) is 44.7 Å². The Morgan fingerprint density at radius 3 is 2.37 bits per heavy atom. The zero-order valence-electron chi connectivity index (χ0n) is 12.0. The molecule has 0 saturated heterocycles. The third kappa shape index (κ3) is 3.80. The highest BCUT2D eigenvalue weighted by molar-refractivity contribution is 9.10. The van der Waals surface area contributed by atoms with Gasteiger partial charge in [0.2, 0.25) is 0 Å². The molecule has 2 N–H and O–H groups in total. The second-order valence-corrected chi connectivity index (χ2v) is 6.66. The first-order valence-corrected chi connectivity index (χ1v) is 8.16. The minimum Gasteiger partial charge on any atom is -0.326 e. The molecule has 2 unspecified atom stereocenters. The smallest absolute Gasteiger partial charge is 0.0496 e. The van der Waals surface area contributed by atoms with Gasteiger partial charge in [0.25, 0.3) is 0 Å². The summed E-state index contributed by atoms with van der Waals surface area (Å²) < 4.78 is 1.13. The molecule has 0 radical (unpaired) electrons. The maximum atomic E-state index is 6.27. The number of hydrogen-bond donors (Lipinski definition) is 1. The summed E-state index contributed by atoms with van der Waals surface area (Å²) in [7, 11) is 0. The predicted molar refractivity (Wildman–Crippen MR) is 85.1 cm³/mol. The van der Waals surface area contributed by atoms with Gasteiger partial charge in [-0.2, -0.15) is 0 Å². The zero-order valence-corrected chi connectivity index (χ0v) is 13.6. The largest absolute Gasteiger partial charge is 0.326 e. The minimum atomic E-state index is 0.154. The van der Waals surface area contributed by atoms with Gasteiger partial charge in [-0.25, -0.2) is 0 Å². The predicted octanol–water partition coefficient (Wildman–Crippen LogP) is 3.96. The van der Waals surface area contributed by atoms with Gasteiger partial charge in [0, 0.05) is 23.1 Å². The molecule has 106 valence electrons. The van der Waals surface area contributed by atoms with E-state index in [4.69, 9.17) is 5.73 Å². The number of nitrogens with two attached hydrogens (primary N) is 1. The fourth-order valence-corrected chi connectivity index (χ4v) is 3.22. The maximum absolute atomic E-state index is 6.27. The Kier molecular flexibility index (Phi) is 5.43. The molecule has 1 aliphatic carbocycles. The molecule has 2 rings (SSSR count). The van der Waals surface area contributed by atoms with Gasteiger partial charge >= 0.3 is 0 Å². The standard InChI is InChI=1S/C16H25BrN2/c1-3-19(11-13-5-4-6-13)16(12(2)18)14-7-9-15(17)10-8-14/h7-10,12-13,16H,3-6,11,18H2,1-2H3. The van der Waals surface area contributed by atoms with Crippen LogP contribution in [0.5, 0.6) is 0 Å². The summed E-state index contributed by atoms with van der Waals surface area (Å²) in [5.41, 5.74) is 7.60. The second kappa shape index (κ2) is 6.87. The Hall–Kier alpha value is -0.380. The van der Waals surface area contributed by atoms with Crippen LogP contribution in [0, 0.1) is 5.92 Å². The molecule has 0 heterocycles. The van der Waals surface area contributed by atoms with E-state index in [0.717, 1.165) is 16.9 Å². The first-order valence-electron chi connectivity index (χ1n) is 7.37. The molecule has 2 nitrogen and oxygen atoms in total. The molecule has 0 bridgehead atoms.